The number of aromatic nitrogens is 1. The van der Waals surface area contributed by atoms with E-state index in [0.29, 0.717) is 17.3 Å². The molecule has 6 heteroatoms. The quantitative estimate of drug-likeness (QED) is 0.837. The molecule has 2 amide bonds. The maximum Gasteiger partial charge on any atom is 0.235 e. The van der Waals surface area contributed by atoms with Gasteiger partial charge in [-0.25, -0.2) is 0 Å². The minimum absolute atomic E-state index is 0.278. The summed E-state index contributed by atoms with van der Waals surface area (Å²) in [5, 5.41) is 8.80. The lowest BCUT2D eigenvalue weighted by atomic mass is 10.2. The molecule has 0 radical (unpaired) electrons. The number of aryl methyl sites for hydroxylation is 2. The van der Waals surface area contributed by atoms with Gasteiger partial charge in [-0.15, -0.1) is 0 Å². The number of para-hydroxylation sites is 1. The number of carbonyl (C=O) groups is 2. The smallest absolute Gasteiger partial charge is 0.235 e. The molecule has 104 valence electrons. The molecule has 0 saturated heterocycles. The maximum atomic E-state index is 11.8. The first-order valence-electron chi connectivity index (χ1n) is 6.13. The molecule has 6 nitrogen and oxygen atoms in total. The minimum atomic E-state index is -0.440. The highest BCUT2D eigenvalue weighted by Crippen LogP contribution is 2.13. The number of anilines is 2. The molecule has 0 unspecified atom stereocenters. The lowest BCUT2D eigenvalue weighted by molar-refractivity contribution is -0.123. The van der Waals surface area contributed by atoms with Crippen molar-refractivity contribution in [1.82, 2.24) is 5.16 Å². The summed E-state index contributed by atoms with van der Waals surface area (Å²) < 4.78 is 4.82. The summed E-state index contributed by atoms with van der Waals surface area (Å²) in [5.74, 6) is 0.0715. The van der Waals surface area contributed by atoms with E-state index in [1.165, 1.54) is 0 Å². The summed E-state index contributed by atoms with van der Waals surface area (Å²) in [5.41, 5.74) is 1.64. The van der Waals surface area contributed by atoms with Gasteiger partial charge in [-0.1, -0.05) is 23.4 Å². The van der Waals surface area contributed by atoms with Gasteiger partial charge in [0.25, 0.3) is 0 Å². The fraction of sp³-hybridized carbons (Fsp3) is 0.214. The van der Waals surface area contributed by atoms with Crippen LogP contribution in [0.3, 0.4) is 0 Å². The Labute approximate surface area is 116 Å². The molecule has 2 rings (SSSR count). The summed E-state index contributed by atoms with van der Waals surface area (Å²) in [7, 11) is 0. The topological polar surface area (TPSA) is 84.2 Å². The van der Waals surface area contributed by atoms with Crippen LogP contribution in [0.1, 0.15) is 17.7 Å². The molecule has 0 spiro atoms. The summed E-state index contributed by atoms with van der Waals surface area (Å²) in [6.45, 7) is 3.60. The predicted molar refractivity (Wildman–Crippen MR) is 74.3 cm³/mol. The average Bonchev–Trinajstić information content (AvgIpc) is 2.77. The Balaban J connectivity index is 1.88. The van der Waals surface area contributed by atoms with Crippen molar-refractivity contribution in [2.75, 3.05) is 10.6 Å². The number of carbonyl (C=O) groups excluding carboxylic acids is 2. The Bertz CT molecular complexity index is 634. The molecule has 0 aliphatic carbocycles. The van der Waals surface area contributed by atoms with E-state index in [0.717, 1.165) is 5.56 Å². The third-order valence-electron chi connectivity index (χ3n) is 2.64. The molecule has 2 aromatic rings. The second-order valence-corrected chi connectivity index (χ2v) is 4.41. The Morgan fingerprint density at radius 3 is 2.50 bits per heavy atom. The molecule has 1 heterocycles. The molecule has 1 aromatic heterocycles. The third kappa shape index (κ3) is 3.68. The Hall–Kier alpha value is -2.63. The molecule has 0 fully saturated rings. The first-order chi connectivity index (χ1) is 9.54. The zero-order valence-corrected chi connectivity index (χ0v) is 11.3. The first-order valence-corrected chi connectivity index (χ1v) is 6.13. The summed E-state index contributed by atoms with van der Waals surface area (Å²) in [4.78, 5) is 23.4. The van der Waals surface area contributed by atoms with E-state index >= 15 is 0 Å². The number of nitrogens with one attached hydrogen (secondary N) is 2. The number of hydrogen-bond acceptors (Lipinski definition) is 4. The van der Waals surface area contributed by atoms with Crippen LogP contribution in [-0.4, -0.2) is 17.0 Å². The second-order valence-electron chi connectivity index (χ2n) is 4.41. The van der Waals surface area contributed by atoms with E-state index in [1.807, 2.05) is 25.1 Å². The molecule has 0 aliphatic rings. The first kappa shape index (κ1) is 13.8. The van der Waals surface area contributed by atoms with Gasteiger partial charge in [0.05, 0.1) is 0 Å². The molecular weight excluding hydrogens is 258 g/mol. The van der Waals surface area contributed by atoms with Crippen LogP contribution in [-0.2, 0) is 9.59 Å². The van der Waals surface area contributed by atoms with Crippen molar-refractivity contribution >= 4 is 23.3 Å². The normalized spacial score (nSPS) is 10.1. The van der Waals surface area contributed by atoms with Gasteiger partial charge in [0.1, 0.15) is 12.2 Å². The van der Waals surface area contributed by atoms with Crippen LogP contribution < -0.4 is 10.6 Å². The fourth-order valence-corrected chi connectivity index (χ4v) is 1.67. The zero-order chi connectivity index (χ0) is 14.5. The molecule has 0 atom stereocenters. The van der Waals surface area contributed by atoms with Crippen molar-refractivity contribution in [3.63, 3.8) is 0 Å². The van der Waals surface area contributed by atoms with E-state index < -0.39 is 5.91 Å². The predicted octanol–water partition coefficient (Wildman–Crippen LogP) is 2.26. The van der Waals surface area contributed by atoms with E-state index in [2.05, 4.69) is 15.8 Å². The van der Waals surface area contributed by atoms with Gasteiger partial charge in [0, 0.05) is 11.8 Å². The van der Waals surface area contributed by atoms with Gasteiger partial charge in [-0.05, 0) is 25.5 Å². The van der Waals surface area contributed by atoms with Gasteiger partial charge in [0.2, 0.25) is 11.8 Å². The third-order valence-corrected chi connectivity index (χ3v) is 2.64. The van der Waals surface area contributed by atoms with Crippen molar-refractivity contribution in [3.8, 4) is 0 Å². The second kappa shape index (κ2) is 6.01. The largest absolute Gasteiger partial charge is 0.360 e. The lowest BCUT2D eigenvalue weighted by Crippen LogP contribution is -2.21. The Kier molecular flexibility index (Phi) is 4.14. The lowest BCUT2D eigenvalue weighted by Gasteiger charge is -2.07. The van der Waals surface area contributed by atoms with Crippen LogP contribution in [0, 0.1) is 13.8 Å². The summed E-state index contributed by atoms with van der Waals surface area (Å²) in [6.07, 6.45) is -0.278. The molecule has 0 aliphatic heterocycles. The molecule has 20 heavy (non-hydrogen) atoms. The van der Waals surface area contributed by atoms with E-state index in [1.54, 1.807) is 19.1 Å². The van der Waals surface area contributed by atoms with Crippen molar-refractivity contribution in [1.29, 1.82) is 0 Å². The highest BCUT2D eigenvalue weighted by Gasteiger charge is 2.12. The SMILES string of the molecule is Cc1cc(NC(=O)CC(=O)Nc2ccccc2C)no1. The van der Waals surface area contributed by atoms with Gasteiger partial charge < -0.3 is 15.2 Å². The Morgan fingerprint density at radius 1 is 1.15 bits per heavy atom. The van der Waals surface area contributed by atoms with Crippen molar-refractivity contribution < 1.29 is 14.1 Å². The summed E-state index contributed by atoms with van der Waals surface area (Å²) >= 11 is 0. The van der Waals surface area contributed by atoms with Crippen molar-refractivity contribution in [2.24, 2.45) is 0 Å². The monoisotopic (exact) mass is 273 g/mol. The van der Waals surface area contributed by atoms with Crippen LogP contribution in [0.5, 0.6) is 0 Å². The Morgan fingerprint density at radius 2 is 1.85 bits per heavy atom. The van der Waals surface area contributed by atoms with Crippen molar-refractivity contribution in [2.45, 2.75) is 20.3 Å². The molecular formula is C14H15N3O3. The number of benzene rings is 1. The van der Waals surface area contributed by atoms with E-state index in [-0.39, 0.29) is 12.3 Å². The molecule has 2 N–H and O–H groups in total. The van der Waals surface area contributed by atoms with Gasteiger partial charge in [-0.3, -0.25) is 9.59 Å². The highest BCUT2D eigenvalue weighted by atomic mass is 16.5. The van der Waals surface area contributed by atoms with Gasteiger partial charge in [-0.2, -0.15) is 0 Å². The average molecular weight is 273 g/mol. The fourth-order valence-electron chi connectivity index (χ4n) is 1.67. The van der Waals surface area contributed by atoms with E-state index in [4.69, 9.17) is 4.52 Å². The number of hydrogen-bond donors (Lipinski definition) is 2. The van der Waals surface area contributed by atoms with Crippen LogP contribution in [0.4, 0.5) is 11.5 Å². The number of nitrogens with zero attached hydrogens (tertiary/aromatic N) is 1. The zero-order valence-electron chi connectivity index (χ0n) is 11.3. The van der Waals surface area contributed by atoms with Crippen molar-refractivity contribution in [3.05, 3.63) is 41.7 Å². The van der Waals surface area contributed by atoms with Gasteiger partial charge >= 0.3 is 0 Å². The van der Waals surface area contributed by atoms with Crippen LogP contribution in [0.2, 0.25) is 0 Å². The maximum absolute atomic E-state index is 11.8. The van der Waals surface area contributed by atoms with Crippen LogP contribution in [0.15, 0.2) is 34.9 Å². The number of rotatable bonds is 4. The standard InChI is InChI=1S/C14H15N3O3/c1-9-5-3-4-6-11(9)15-13(18)8-14(19)16-12-7-10(2)20-17-12/h3-7H,8H2,1-2H3,(H,15,18)(H,16,17,19). The molecule has 1 aromatic carbocycles. The molecule has 0 saturated carbocycles. The van der Waals surface area contributed by atoms with Crippen LogP contribution in [0.25, 0.3) is 0 Å². The van der Waals surface area contributed by atoms with E-state index in [9.17, 15) is 9.59 Å². The molecule has 0 bridgehead atoms. The highest BCUT2D eigenvalue weighted by molar-refractivity contribution is 6.07. The summed E-state index contributed by atoms with van der Waals surface area (Å²) in [6, 6.07) is 8.95. The van der Waals surface area contributed by atoms with Gasteiger partial charge in [0.15, 0.2) is 5.82 Å². The minimum Gasteiger partial charge on any atom is -0.360 e. The van der Waals surface area contributed by atoms with Crippen LogP contribution >= 0.6 is 0 Å². The number of amides is 2.